The van der Waals surface area contributed by atoms with Crippen LogP contribution in [0, 0.1) is 5.82 Å². The standard InChI is InChI=1S/C14H12BrFN2S2/c1-20-9-4-2-8(3-5-9)18-11-7-6-10(14(17)19)12(15)13(11)16/h2-7,18H,1H3,(H2,17,19). The van der Waals surface area contributed by atoms with E-state index in [-0.39, 0.29) is 9.46 Å². The molecule has 0 saturated carbocycles. The lowest BCUT2D eigenvalue weighted by Gasteiger charge is -2.11. The lowest BCUT2D eigenvalue weighted by molar-refractivity contribution is 0.625. The first-order chi connectivity index (χ1) is 9.52. The van der Waals surface area contributed by atoms with E-state index in [1.54, 1.807) is 23.9 Å². The second-order valence-electron chi connectivity index (χ2n) is 4.01. The van der Waals surface area contributed by atoms with Crippen LogP contribution in [-0.2, 0) is 0 Å². The zero-order valence-electron chi connectivity index (χ0n) is 10.6. The third kappa shape index (κ3) is 3.31. The summed E-state index contributed by atoms with van der Waals surface area (Å²) in [7, 11) is 0. The highest BCUT2D eigenvalue weighted by atomic mass is 79.9. The molecule has 0 fully saturated rings. The third-order valence-electron chi connectivity index (χ3n) is 2.72. The molecule has 0 saturated heterocycles. The van der Waals surface area contributed by atoms with Gasteiger partial charge in [-0.15, -0.1) is 11.8 Å². The second kappa shape index (κ2) is 6.56. The maximum absolute atomic E-state index is 14.2. The lowest BCUT2D eigenvalue weighted by Crippen LogP contribution is -2.11. The van der Waals surface area contributed by atoms with Crippen LogP contribution in [0.4, 0.5) is 15.8 Å². The van der Waals surface area contributed by atoms with Gasteiger partial charge in [-0.05, 0) is 58.6 Å². The van der Waals surface area contributed by atoms with Crippen molar-refractivity contribution in [2.75, 3.05) is 11.6 Å². The van der Waals surface area contributed by atoms with Crippen LogP contribution < -0.4 is 11.1 Å². The van der Waals surface area contributed by atoms with Crippen LogP contribution in [0.25, 0.3) is 0 Å². The molecule has 0 unspecified atom stereocenters. The van der Waals surface area contributed by atoms with Crippen molar-refractivity contribution in [3.8, 4) is 0 Å². The van der Waals surface area contributed by atoms with Crippen LogP contribution in [0.1, 0.15) is 5.56 Å². The van der Waals surface area contributed by atoms with Crippen molar-refractivity contribution in [2.24, 2.45) is 5.73 Å². The molecule has 0 aromatic heterocycles. The minimum absolute atomic E-state index is 0.159. The fraction of sp³-hybridized carbons (Fsp3) is 0.0714. The van der Waals surface area contributed by atoms with Gasteiger partial charge >= 0.3 is 0 Å². The quantitative estimate of drug-likeness (QED) is 0.604. The molecule has 0 aliphatic rings. The van der Waals surface area contributed by atoms with Crippen molar-refractivity contribution in [1.82, 2.24) is 0 Å². The summed E-state index contributed by atoms with van der Waals surface area (Å²) in [5.74, 6) is -0.413. The minimum atomic E-state index is -0.413. The molecule has 0 bridgehead atoms. The molecular weight excluding hydrogens is 359 g/mol. The van der Waals surface area contributed by atoms with Gasteiger partial charge in [-0.3, -0.25) is 0 Å². The third-order valence-corrected chi connectivity index (χ3v) is 4.46. The molecule has 0 aliphatic carbocycles. The summed E-state index contributed by atoms with van der Waals surface area (Å²) in [6.45, 7) is 0. The number of thioether (sulfide) groups is 1. The number of benzene rings is 2. The van der Waals surface area contributed by atoms with Gasteiger partial charge in [0, 0.05) is 16.1 Å². The molecule has 0 aliphatic heterocycles. The number of nitrogens with one attached hydrogen (secondary N) is 1. The summed E-state index contributed by atoms with van der Waals surface area (Å²) in [5.41, 5.74) is 7.20. The molecule has 104 valence electrons. The zero-order chi connectivity index (χ0) is 14.7. The van der Waals surface area contributed by atoms with Crippen LogP contribution in [0.15, 0.2) is 45.8 Å². The summed E-state index contributed by atoms with van der Waals surface area (Å²) in [6, 6.07) is 11.1. The molecule has 0 atom stereocenters. The Morgan fingerprint density at radius 3 is 2.45 bits per heavy atom. The zero-order valence-corrected chi connectivity index (χ0v) is 13.8. The van der Waals surface area contributed by atoms with E-state index >= 15 is 0 Å². The summed E-state index contributed by atoms with van der Waals surface area (Å²) in [5, 5.41) is 3.03. The van der Waals surface area contributed by atoms with Crippen LogP contribution in [0.3, 0.4) is 0 Å². The normalized spacial score (nSPS) is 10.3. The highest BCUT2D eigenvalue weighted by Crippen LogP contribution is 2.29. The smallest absolute Gasteiger partial charge is 0.161 e. The van der Waals surface area contributed by atoms with Crippen molar-refractivity contribution >= 4 is 56.3 Å². The van der Waals surface area contributed by atoms with E-state index in [2.05, 4.69) is 21.2 Å². The van der Waals surface area contributed by atoms with Crippen LogP contribution in [0.5, 0.6) is 0 Å². The van der Waals surface area contributed by atoms with E-state index < -0.39 is 5.82 Å². The van der Waals surface area contributed by atoms with Crippen LogP contribution >= 0.6 is 39.9 Å². The van der Waals surface area contributed by atoms with Gasteiger partial charge in [-0.25, -0.2) is 4.39 Å². The van der Waals surface area contributed by atoms with E-state index in [9.17, 15) is 4.39 Å². The highest BCUT2D eigenvalue weighted by molar-refractivity contribution is 9.10. The van der Waals surface area contributed by atoms with Crippen LogP contribution in [-0.4, -0.2) is 11.2 Å². The number of thiocarbonyl (C=S) groups is 1. The summed E-state index contributed by atoms with van der Waals surface area (Å²) < 4.78 is 14.5. The SMILES string of the molecule is CSc1ccc(Nc2ccc(C(N)=S)c(Br)c2F)cc1. The van der Waals surface area contributed by atoms with Crippen molar-refractivity contribution < 1.29 is 4.39 Å². The summed E-state index contributed by atoms with van der Waals surface area (Å²) in [4.78, 5) is 1.31. The number of rotatable bonds is 4. The molecular formula is C14H12BrFN2S2. The Morgan fingerprint density at radius 2 is 1.90 bits per heavy atom. The second-order valence-corrected chi connectivity index (χ2v) is 6.12. The Balaban J connectivity index is 2.29. The van der Waals surface area contributed by atoms with Crippen LogP contribution in [0.2, 0.25) is 0 Å². The lowest BCUT2D eigenvalue weighted by atomic mass is 10.2. The van der Waals surface area contributed by atoms with Gasteiger partial charge in [-0.1, -0.05) is 12.2 Å². The summed E-state index contributed by atoms with van der Waals surface area (Å²) >= 11 is 9.71. The number of nitrogens with two attached hydrogens (primary N) is 1. The molecule has 2 rings (SSSR count). The molecule has 2 nitrogen and oxygen atoms in total. The monoisotopic (exact) mass is 370 g/mol. The minimum Gasteiger partial charge on any atom is -0.389 e. The predicted molar refractivity (Wildman–Crippen MR) is 91.5 cm³/mol. The Bertz CT molecular complexity index is 644. The maximum atomic E-state index is 14.2. The Hall–Kier alpha value is -1.11. The number of hydrogen-bond donors (Lipinski definition) is 2. The first-order valence-electron chi connectivity index (χ1n) is 5.72. The van der Waals surface area contributed by atoms with Crippen molar-refractivity contribution in [1.29, 1.82) is 0 Å². The average molecular weight is 371 g/mol. The van der Waals surface area contributed by atoms with Gasteiger partial charge in [-0.2, -0.15) is 0 Å². The van der Waals surface area contributed by atoms with E-state index in [0.717, 1.165) is 10.6 Å². The topological polar surface area (TPSA) is 38.0 Å². The maximum Gasteiger partial charge on any atom is 0.161 e. The number of hydrogen-bond acceptors (Lipinski definition) is 3. The molecule has 0 amide bonds. The Kier molecular flexibility index (Phi) is 5.01. The van der Waals surface area contributed by atoms with Crippen molar-refractivity contribution in [3.05, 3.63) is 52.3 Å². The predicted octanol–water partition coefficient (Wildman–Crippen LogP) is 4.69. The van der Waals surface area contributed by atoms with Gasteiger partial charge in [0.15, 0.2) is 5.82 Å². The van der Waals surface area contributed by atoms with Gasteiger partial charge in [0.2, 0.25) is 0 Å². The molecule has 0 spiro atoms. The van der Waals surface area contributed by atoms with Crippen molar-refractivity contribution in [3.63, 3.8) is 0 Å². The van der Waals surface area contributed by atoms with Gasteiger partial charge in [0.1, 0.15) is 4.99 Å². The number of anilines is 2. The first kappa shape index (κ1) is 15.3. The number of halogens is 2. The average Bonchev–Trinajstić information content (AvgIpc) is 2.44. The van der Waals surface area contributed by atoms with Gasteiger partial charge in [0.05, 0.1) is 10.2 Å². The van der Waals surface area contributed by atoms with E-state index in [1.165, 1.54) is 0 Å². The van der Waals surface area contributed by atoms with E-state index in [1.807, 2.05) is 30.5 Å². The van der Waals surface area contributed by atoms with E-state index in [4.69, 9.17) is 18.0 Å². The molecule has 20 heavy (non-hydrogen) atoms. The van der Waals surface area contributed by atoms with E-state index in [0.29, 0.717) is 11.3 Å². The molecule has 3 N–H and O–H groups in total. The molecule has 0 heterocycles. The Morgan fingerprint density at radius 1 is 1.25 bits per heavy atom. The largest absolute Gasteiger partial charge is 0.389 e. The summed E-state index contributed by atoms with van der Waals surface area (Å²) in [6.07, 6.45) is 2.01. The first-order valence-corrected chi connectivity index (χ1v) is 8.14. The highest BCUT2D eigenvalue weighted by Gasteiger charge is 2.12. The molecule has 6 heteroatoms. The van der Waals surface area contributed by atoms with Gasteiger partial charge in [0.25, 0.3) is 0 Å². The molecule has 2 aromatic rings. The fourth-order valence-electron chi connectivity index (χ4n) is 1.67. The fourth-order valence-corrected chi connectivity index (χ4v) is 2.94. The van der Waals surface area contributed by atoms with Crippen molar-refractivity contribution in [2.45, 2.75) is 4.90 Å². The van der Waals surface area contributed by atoms with Gasteiger partial charge < -0.3 is 11.1 Å². The molecule has 2 aromatic carbocycles. The molecule has 0 radical (unpaired) electrons. The Labute approximate surface area is 135 Å².